The molecule has 200 valence electrons. The number of halogens is 1. The van der Waals surface area contributed by atoms with E-state index in [1.165, 1.54) is 24.3 Å². The lowest BCUT2D eigenvalue weighted by Crippen LogP contribution is -2.33. The monoisotopic (exact) mass is 574 g/mol. The Labute approximate surface area is 233 Å². The maximum absolute atomic E-state index is 13.2. The minimum Gasteiger partial charge on any atom is -0.456 e. The van der Waals surface area contributed by atoms with Crippen LogP contribution < -0.4 is 10.6 Å². The van der Waals surface area contributed by atoms with Gasteiger partial charge in [0, 0.05) is 37.0 Å². The first-order chi connectivity index (χ1) is 17.9. The summed E-state index contributed by atoms with van der Waals surface area (Å²) in [6.07, 6.45) is 0.580. The highest BCUT2D eigenvalue weighted by atomic mass is 35.5. The summed E-state index contributed by atoms with van der Waals surface area (Å²) >= 11 is 8.34. The number of thiophene rings is 1. The van der Waals surface area contributed by atoms with E-state index < -0.39 is 17.5 Å². The lowest BCUT2D eigenvalue weighted by atomic mass is 10.1. The average Bonchev–Trinajstić information content (AvgIpc) is 3.47. The third-order valence-electron chi connectivity index (χ3n) is 5.60. The number of carbonyl (C=O) groups is 4. The summed E-state index contributed by atoms with van der Waals surface area (Å²) in [6.45, 7) is 7.91. The van der Waals surface area contributed by atoms with Crippen molar-refractivity contribution in [2.45, 2.75) is 52.8 Å². The lowest BCUT2D eigenvalue weighted by Gasteiger charge is -2.24. The second kappa shape index (κ2) is 11.2. The predicted molar refractivity (Wildman–Crippen MR) is 147 cm³/mol. The van der Waals surface area contributed by atoms with Gasteiger partial charge in [0.1, 0.15) is 5.60 Å². The molecular formula is C26H27ClN4O5S2. The number of rotatable bonds is 6. The first kappa shape index (κ1) is 27.7. The molecule has 2 N–H and O–H groups in total. The van der Waals surface area contributed by atoms with Gasteiger partial charge in [0.05, 0.1) is 27.0 Å². The molecule has 12 heteroatoms. The molecule has 2 aromatic heterocycles. The van der Waals surface area contributed by atoms with Crippen molar-refractivity contribution in [3.8, 4) is 0 Å². The van der Waals surface area contributed by atoms with Crippen molar-refractivity contribution in [3.63, 3.8) is 0 Å². The fraction of sp³-hybridized carbons (Fsp3) is 0.346. The number of amides is 3. The van der Waals surface area contributed by atoms with Gasteiger partial charge in [-0.25, -0.2) is 9.78 Å². The van der Waals surface area contributed by atoms with Gasteiger partial charge in [0.2, 0.25) is 5.91 Å². The standard InChI is InChI=1S/C26H27ClN4O5S2/c1-14(32)31-10-9-17-20(13-31)38-24(30-17)23(34)29-18-11-15(25(35)36-26(2,3)4)5-6-16(18)12-28-22(33)19-7-8-21(27)37-19/h5-8,11H,9-10,12-13H2,1-4H3,(H,28,33)(H,29,34). The Balaban J connectivity index is 1.57. The molecule has 0 fully saturated rings. The van der Waals surface area contributed by atoms with Gasteiger partial charge in [-0.15, -0.1) is 22.7 Å². The van der Waals surface area contributed by atoms with Crippen LogP contribution in [0.1, 0.15) is 73.7 Å². The largest absolute Gasteiger partial charge is 0.456 e. The molecule has 0 unspecified atom stereocenters. The quantitative estimate of drug-likeness (QED) is 0.404. The minimum absolute atomic E-state index is 0.0227. The molecule has 0 saturated carbocycles. The Morgan fingerprint density at radius 3 is 2.53 bits per heavy atom. The maximum Gasteiger partial charge on any atom is 0.338 e. The Bertz CT molecular complexity index is 1410. The van der Waals surface area contributed by atoms with Gasteiger partial charge < -0.3 is 20.3 Å². The lowest BCUT2D eigenvalue weighted by molar-refractivity contribution is -0.129. The molecule has 4 rings (SSSR count). The van der Waals surface area contributed by atoms with Crippen LogP contribution in [0.2, 0.25) is 4.34 Å². The molecule has 9 nitrogen and oxygen atoms in total. The van der Waals surface area contributed by atoms with Gasteiger partial charge >= 0.3 is 5.97 Å². The highest BCUT2D eigenvalue weighted by molar-refractivity contribution is 7.18. The first-order valence-corrected chi connectivity index (χ1v) is 13.9. The first-order valence-electron chi connectivity index (χ1n) is 11.8. The van der Waals surface area contributed by atoms with E-state index in [0.717, 1.165) is 21.9 Å². The fourth-order valence-corrected chi connectivity index (χ4v) is 5.73. The van der Waals surface area contributed by atoms with Crippen molar-refractivity contribution in [2.24, 2.45) is 0 Å². The van der Waals surface area contributed by atoms with E-state index in [1.807, 2.05) is 0 Å². The number of nitrogens with one attached hydrogen (secondary N) is 2. The summed E-state index contributed by atoms with van der Waals surface area (Å²) in [4.78, 5) is 57.8. The summed E-state index contributed by atoms with van der Waals surface area (Å²) < 4.78 is 5.98. The number of hydrogen-bond donors (Lipinski definition) is 2. The van der Waals surface area contributed by atoms with E-state index >= 15 is 0 Å². The van der Waals surface area contributed by atoms with Crippen molar-refractivity contribution < 1.29 is 23.9 Å². The van der Waals surface area contributed by atoms with Gasteiger partial charge in [-0.05, 0) is 50.6 Å². The molecule has 0 saturated heterocycles. The van der Waals surface area contributed by atoms with Crippen molar-refractivity contribution >= 4 is 63.7 Å². The van der Waals surface area contributed by atoms with Gasteiger partial charge in [0.25, 0.3) is 11.8 Å². The predicted octanol–water partition coefficient (Wildman–Crippen LogP) is 4.90. The van der Waals surface area contributed by atoms with E-state index in [4.69, 9.17) is 16.3 Å². The second-order valence-electron chi connectivity index (χ2n) is 9.69. The third-order valence-corrected chi connectivity index (χ3v) is 7.91. The number of fused-ring (bicyclic) bond motifs is 1. The number of benzene rings is 1. The van der Waals surface area contributed by atoms with E-state index in [1.54, 1.807) is 49.9 Å². The number of aromatic nitrogens is 1. The topological polar surface area (TPSA) is 118 Å². The van der Waals surface area contributed by atoms with Crippen LogP contribution in [-0.4, -0.2) is 45.7 Å². The molecule has 38 heavy (non-hydrogen) atoms. The Morgan fingerprint density at radius 2 is 1.87 bits per heavy atom. The molecule has 1 aromatic carbocycles. The Kier molecular flexibility index (Phi) is 8.19. The number of hydrogen-bond acceptors (Lipinski definition) is 8. The highest BCUT2D eigenvalue weighted by Gasteiger charge is 2.25. The van der Waals surface area contributed by atoms with Crippen LogP contribution in [0, 0.1) is 0 Å². The van der Waals surface area contributed by atoms with Gasteiger partial charge in [-0.2, -0.15) is 0 Å². The molecule has 0 aliphatic carbocycles. The summed E-state index contributed by atoms with van der Waals surface area (Å²) in [5.74, 6) is -1.31. The zero-order chi connectivity index (χ0) is 27.6. The van der Waals surface area contributed by atoms with Crippen LogP contribution in [0.5, 0.6) is 0 Å². The highest BCUT2D eigenvalue weighted by Crippen LogP contribution is 2.27. The Hall–Kier alpha value is -3.28. The van der Waals surface area contributed by atoms with Gasteiger partial charge in [-0.3, -0.25) is 14.4 Å². The second-order valence-corrected chi connectivity index (χ2v) is 12.5. The van der Waals surface area contributed by atoms with Crippen LogP contribution in [0.4, 0.5) is 5.69 Å². The minimum atomic E-state index is -0.692. The number of carbonyl (C=O) groups excluding carboxylic acids is 4. The summed E-state index contributed by atoms with van der Waals surface area (Å²) in [6, 6.07) is 8.06. The molecule has 3 amide bonds. The van der Waals surface area contributed by atoms with E-state index in [9.17, 15) is 19.2 Å². The Morgan fingerprint density at radius 1 is 1.11 bits per heavy atom. The number of esters is 1. The normalized spacial score (nSPS) is 13.0. The van der Waals surface area contributed by atoms with Crippen molar-refractivity contribution in [1.29, 1.82) is 0 Å². The van der Waals surface area contributed by atoms with Crippen LogP contribution in [0.3, 0.4) is 0 Å². The molecule has 0 radical (unpaired) electrons. The summed E-state index contributed by atoms with van der Waals surface area (Å²) in [5, 5.41) is 5.92. The van der Waals surface area contributed by atoms with Gasteiger partial charge in [0.15, 0.2) is 5.01 Å². The van der Waals surface area contributed by atoms with E-state index in [0.29, 0.717) is 40.0 Å². The smallest absolute Gasteiger partial charge is 0.338 e. The van der Waals surface area contributed by atoms with E-state index in [-0.39, 0.29) is 28.9 Å². The maximum atomic E-state index is 13.2. The van der Waals surface area contributed by atoms with Crippen molar-refractivity contribution in [1.82, 2.24) is 15.2 Å². The zero-order valence-electron chi connectivity index (χ0n) is 21.3. The molecule has 3 heterocycles. The fourth-order valence-electron chi connectivity index (χ4n) is 3.75. The SMILES string of the molecule is CC(=O)N1CCc2nc(C(=O)Nc3cc(C(=O)OC(C)(C)C)ccc3CNC(=O)c3ccc(Cl)s3)sc2C1. The molecule has 0 spiro atoms. The molecule has 0 atom stereocenters. The van der Waals surface area contributed by atoms with Crippen LogP contribution >= 0.6 is 34.3 Å². The van der Waals surface area contributed by atoms with Crippen LogP contribution in [0.15, 0.2) is 30.3 Å². The number of ether oxygens (including phenoxy) is 1. The summed E-state index contributed by atoms with van der Waals surface area (Å²) in [5.41, 5.74) is 1.31. The zero-order valence-corrected chi connectivity index (χ0v) is 23.7. The number of nitrogens with zero attached hydrogens (tertiary/aromatic N) is 2. The molecule has 1 aliphatic heterocycles. The number of anilines is 1. The molecule has 0 bridgehead atoms. The third kappa shape index (κ3) is 6.77. The number of thiazole rings is 1. The van der Waals surface area contributed by atoms with E-state index in [2.05, 4.69) is 15.6 Å². The average molecular weight is 575 g/mol. The van der Waals surface area contributed by atoms with Crippen LogP contribution in [0.25, 0.3) is 0 Å². The molecule has 3 aromatic rings. The molecule has 1 aliphatic rings. The van der Waals surface area contributed by atoms with Gasteiger partial charge in [-0.1, -0.05) is 17.7 Å². The summed E-state index contributed by atoms with van der Waals surface area (Å²) in [7, 11) is 0. The van der Waals surface area contributed by atoms with Crippen molar-refractivity contribution in [3.05, 3.63) is 66.3 Å². The van der Waals surface area contributed by atoms with Crippen LogP contribution in [-0.2, 0) is 29.0 Å². The molecular weight excluding hydrogens is 548 g/mol. The van der Waals surface area contributed by atoms with Crippen molar-refractivity contribution in [2.75, 3.05) is 11.9 Å².